The van der Waals surface area contributed by atoms with E-state index >= 15 is 0 Å². The van der Waals surface area contributed by atoms with E-state index in [-0.39, 0.29) is 17.1 Å². The number of piperidine rings is 1. The molecule has 0 spiro atoms. The molecule has 0 N–H and O–H groups in total. The highest BCUT2D eigenvalue weighted by atomic mass is 32.2. The molecule has 0 amide bonds. The first-order valence-corrected chi connectivity index (χ1v) is 10.7. The minimum absolute atomic E-state index is 0.155. The molecule has 0 radical (unpaired) electrons. The van der Waals surface area contributed by atoms with Crippen LogP contribution in [0.2, 0.25) is 0 Å². The summed E-state index contributed by atoms with van der Waals surface area (Å²) in [6, 6.07) is 12.5. The van der Waals surface area contributed by atoms with Gasteiger partial charge in [-0.2, -0.15) is 4.31 Å². The van der Waals surface area contributed by atoms with E-state index in [0.29, 0.717) is 18.7 Å². The number of carbonyl (C=O) groups is 1. The zero-order chi connectivity index (χ0) is 19.4. The van der Waals surface area contributed by atoms with E-state index in [4.69, 9.17) is 4.74 Å². The number of ether oxygens (including phenoxy) is 1. The van der Waals surface area contributed by atoms with Crippen molar-refractivity contribution in [1.82, 2.24) is 4.31 Å². The van der Waals surface area contributed by atoms with Gasteiger partial charge in [-0.25, -0.2) is 13.2 Å². The molecule has 0 saturated carbocycles. The Labute approximate surface area is 161 Å². The van der Waals surface area contributed by atoms with E-state index in [1.54, 1.807) is 19.1 Å². The molecule has 1 aliphatic heterocycles. The largest absolute Gasteiger partial charge is 0.457 e. The lowest BCUT2D eigenvalue weighted by Crippen LogP contribution is -2.36. The number of rotatable bonds is 5. The molecule has 2 aromatic rings. The molecule has 3 rings (SSSR count). The van der Waals surface area contributed by atoms with Crippen LogP contribution in [0, 0.1) is 13.8 Å². The van der Waals surface area contributed by atoms with Crippen molar-refractivity contribution in [2.75, 3.05) is 13.1 Å². The molecular formula is C21H25NO4S. The van der Waals surface area contributed by atoms with Gasteiger partial charge in [-0.15, -0.1) is 0 Å². The van der Waals surface area contributed by atoms with E-state index in [1.807, 2.05) is 31.2 Å². The van der Waals surface area contributed by atoms with Gasteiger partial charge in [0.1, 0.15) is 6.61 Å². The zero-order valence-corrected chi connectivity index (χ0v) is 16.6. The summed E-state index contributed by atoms with van der Waals surface area (Å²) >= 11 is 0. The van der Waals surface area contributed by atoms with Gasteiger partial charge in [0.05, 0.1) is 10.5 Å². The third-order valence-corrected chi connectivity index (χ3v) is 6.85. The number of esters is 1. The summed E-state index contributed by atoms with van der Waals surface area (Å²) in [4.78, 5) is 12.6. The second-order valence-corrected chi connectivity index (χ2v) is 8.92. The summed E-state index contributed by atoms with van der Waals surface area (Å²) in [5.41, 5.74) is 2.88. The summed E-state index contributed by atoms with van der Waals surface area (Å²) in [7, 11) is -3.60. The van der Waals surface area contributed by atoms with Gasteiger partial charge in [0.25, 0.3) is 0 Å². The van der Waals surface area contributed by atoms with Gasteiger partial charge in [0.15, 0.2) is 0 Å². The molecule has 0 aliphatic carbocycles. The van der Waals surface area contributed by atoms with Crippen molar-refractivity contribution < 1.29 is 17.9 Å². The van der Waals surface area contributed by atoms with E-state index < -0.39 is 16.0 Å². The SMILES string of the molecule is Cc1cccc(COC(=O)c2ccc(C)c(S(=O)(=O)N3CCCCC3)c2)c1. The fourth-order valence-corrected chi connectivity index (χ4v) is 5.05. The van der Waals surface area contributed by atoms with Crippen LogP contribution >= 0.6 is 0 Å². The first-order chi connectivity index (χ1) is 12.9. The quantitative estimate of drug-likeness (QED) is 0.732. The Morgan fingerprint density at radius 2 is 1.78 bits per heavy atom. The first-order valence-electron chi connectivity index (χ1n) is 9.21. The van der Waals surface area contributed by atoms with Crippen molar-refractivity contribution >= 4 is 16.0 Å². The Morgan fingerprint density at radius 1 is 1.04 bits per heavy atom. The summed E-state index contributed by atoms with van der Waals surface area (Å²) < 4.78 is 32.8. The molecule has 0 unspecified atom stereocenters. The van der Waals surface area contributed by atoms with Crippen LogP contribution in [0.1, 0.15) is 46.3 Å². The number of benzene rings is 2. The second-order valence-electron chi connectivity index (χ2n) is 7.01. The molecule has 1 fully saturated rings. The van der Waals surface area contributed by atoms with E-state index in [1.165, 1.54) is 10.4 Å². The highest BCUT2D eigenvalue weighted by Gasteiger charge is 2.28. The predicted molar refractivity (Wildman–Crippen MR) is 104 cm³/mol. The lowest BCUT2D eigenvalue weighted by molar-refractivity contribution is 0.0472. The average Bonchev–Trinajstić information content (AvgIpc) is 2.67. The van der Waals surface area contributed by atoms with Crippen molar-refractivity contribution in [2.24, 2.45) is 0 Å². The summed E-state index contributed by atoms with van der Waals surface area (Å²) in [5, 5.41) is 0. The third-order valence-electron chi connectivity index (χ3n) is 4.81. The lowest BCUT2D eigenvalue weighted by atomic mass is 10.1. The van der Waals surface area contributed by atoms with Gasteiger partial charge < -0.3 is 4.74 Å². The number of hydrogen-bond acceptors (Lipinski definition) is 4. The van der Waals surface area contributed by atoms with Crippen LogP contribution < -0.4 is 0 Å². The van der Waals surface area contributed by atoms with Crippen LogP contribution in [0.3, 0.4) is 0 Å². The average molecular weight is 388 g/mol. The number of hydrogen-bond donors (Lipinski definition) is 0. The fourth-order valence-electron chi connectivity index (χ4n) is 3.28. The zero-order valence-electron chi connectivity index (χ0n) is 15.8. The molecule has 1 saturated heterocycles. The highest BCUT2D eigenvalue weighted by Crippen LogP contribution is 2.24. The Morgan fingerprint density at radius 3 is 2.48 bits per heavy atom. The normalized spacial score (nSPS) is 15.5. The molecule has 0 atom stereocenters. The smallest absolute Gasteiger partial charge is 0.338 e. The van der Waals surface area contributed by atoms with Crippen LogP contribution in [-0.4, -0.2) is 31.8 Å². The monoisotopic (exact) mass is 387 g/mol. The van der Waals surface area contributed by atoms with Crippen molar-refractivity contribution in [3.05, 3.63) is 64.7 Å². The van der Waals surface area contributed by atoms with Gasteiger partial charge in [-0.1, -0.05) is 42.3 Å². The Balaban J connectivity index is 1.79. The second kappa shape index (κ2) is 8.23. The van der Waals surface area contributed by atoms with E-state index in [9.17, 15) is 13.2 Å². The van der Waals surface area contributed by atoms with Gasteiger partial charge in [-0.3, -0.25) is 0 Å². The maximum atomic E-state index is 13.0. The van der Waals surface area contributed by atoms with E-state index in [0.717, 1.165) is 30.4 Å². The van der Waals surface area contributed by atoms with Gasteiger partial charge in [-0.05, 0) is 49.9 Å². The first kappa shape index (κ1) is 19.6. The maximum Gasteiger partial charge on any atom is 0.338 e. The van der Waals surface area contributed by atoms with Gasteiger partial charge in [0, 0.05) is 13.1 Å². The summed E-state index contributed by atoms with van der Waals surface area (Å²) in [6.45, 7) is 4.94. The minimum atomic E-state index is -3.60. The molecule has 0 aromatic heterocycles. The minimum Gasteiger partial charge on any atom is -0.457 e. The van der Waals surface area contributed by atoms with Crippen molar-refractivity contribution in [2.45, 2.75) is 44.6 Å². The summed E-state index contributed by atoms with van der Waals surface area (Å²) in [5.74, 6) is -0.522. The molecule has 144 valence electrons. The highest BCUT2D eigenvalue weighted by molar-refractivity contribution is 7.89. The summed E-state index contributed by atoms with van der Waals surface area (Å²) in [6.07, 6.45) is 2.79. The number of nitrogens with zero attached hydrogens (tertiary/aromatic N) is 1. The van der Waals surface area contributed by atoms with Gasteiger partial charge >= 0.3 is 5.97 Å². The molecule has 5 nitrogen and oxygen atoms in total. The molecule has 2 aromatic carbocycles. The van der Waals surface area contributed by atoms with Crippen molar-refractivity contribution in [3.63, 3.8) is 0 Å². The lowest BCUT2D eigenvalue weighted by Gasteiger charge is -2.26. The Bertz CT molecular complexity index is 931. The number of sulfonamides is 1. The fraction of sp³-hybridized carbons (Fsp3) is 0.381. The molecule has 1 heterocycles. The van der Waals surface area contributed by atoms with Crippen LogP contribution in [0.25, 0.3) is 0 Å². The molecule has 6 heteroatoms. The van der Waals surface area contributed by atoms with Crippen LogP contribution in [0.4, 0.5) is 0 Å². The van der Waals surface area contributed by atoms with E-state index in [2.05, 4.69) is 0 Å². The topological polar surface area (TPSA) is 63.7 Å². The predicted octanol–water partition coefficient (Wildman–Crippen LogP) is 3.84. The Hall–Kier alpha value is -2.18. The van der Waals surface area contributed by atoms with Crippen molar-refractivity contribution in [3.8, 4) is 0 Å². The van der Waals surface area contributed by atoms with Crippen molar-refractivity contribution in [1.29, 1.82) is 0 Å². The number of carbonyl (C=O) groups excluding carboxylic acids is 1. The van der Waals surface area contributed by atoms with Crippen LogP contribution in [0.15, 0.2) is 47.4 Å². The van der Waals surface area contributed by atoms with Crippen LogP contribution in [-0.2, 0) is 21.4 Å². The third kappa shape index (κ3) is 4.57. The standard InChI is InChI=1S/C21H25NO4S/c1-16-7-6-8-18(13-16)15-26-21(23)19-10-9-17(2)20(14-19)27(24,25)22-11-4-3-5-12-22/h6-10,13-14H,3-5,11-12,15H2,1-2H3. The van der Waals surface area contributed by atoms with Crippen LogP contribution in [0.5, 0.6) is 0 Å². The molecule has 1 aliphatic rings. The number of aryl methyl sites for hydroxylation is 2. The molecule has 0 bridgehead atoms. The molecular weight excluding hydrogens is 362 g/mol. The molecule has 27 heavy (non-hydrogen) atoms. The van der Waals surface area contributed by atoms with Gasteiger partial charge in [0.2, 0.25) is 10.0 Å². The Kier molecular flexibility index (Phi) is 5.97. The maximum absolute atomic E-state index is 13.0.